The first-order chi connectivity index (χ1) is 13.0. The predicted octanol–water partition coefficient (Wildman–Crippen LogP) is 4.18. The Morgan fingerprint density at radius 2 is 1.85 bits per heavy atom. The van der Waals surface area contributed by atoms with Crippen molar-refractivity contribution in [3.63, 3.8) is 0 Å². The molecule has 5 nitrogen and oxygen atoms in total. The third-order valence-electron chi connectivity index (χ3n) is 4.36. The first-order valence-electron chi connectivity index (χ1n) is 8.96. The van der Waals surface area contributed by atoms with E-state index in [-0.39, 0.29) is 5.91 Å². The number of rotatable bonds is 7. The molecule has 2 aromatic carbocycles. The fourth-order valence-corrected chi connectivity index (χ4v) is 3.69. The number of hydrogen-bond acceptors (Lipinski definition) is 4. The van der Waals surface area contributed by atoms with Gasteiger partial charge in [-0.2, -0.15) is 0 Å². The van der Waals surface area contributed by atoms with Gasteiger partial charge < -0.3 is 9.88 Å². The number of aromatic nitrogens is 3. The van der Waals surface area contributed by atoms with Gasteiger partial charge in [0, 0.05) is 12.2 Å². The zero-order valence-corrected chi connectivity index (χ0v) is 16.7. The molecule has 0 bridgehead atoms. The number of benzene rings is 2. The topological polar surface area (TPSA) is 59.8 Å². The molecule has 27 heavy (non-hydrogen) atoms. The highest BCUT2D eigenvalue weighted by Gasteiger charge is 2.12. The van der Waals surface area contributed by atoms with E-state index in [1.54, 1.807) is 0 Å². The van der Waals surface area contributed by atoms with Crippen LogP contribution in [0.2, 0.25) is 0 Å². The molecule has 3 rings (SSSR count). The van der Waals surface area contributed by atoms with Crippen molar-refractivity contribution in [3.05, 3.63) is 71.0 Å². The number of thioether (sulfide) groups is 1. The Balaban J connectivity index is 1.58. The summed E-state index contributed by atoms with van der Waals surface area (Å²) in [7, 11) is 0. The molecule has 1 N–H and O–H groups in total. The SMILES string of the molecule is Cc1ccc(NC(=O)CSc2nnc(C)n2CCc2ccccc2)c(C)c1. The first kappa shape index (κ1) is 19.2. The lowest BCUT2D eigenvalue weighted by atomic mass is 10.1. The second-order valence-corrected chi connectivity index (χ2v) is 7.51. The van der Waals surface area contributed by atoms with Gasteiger partial charge in [0.25, 0.3) is 0 Å². The molecule has 0 saturated carbocycles. The smallest absolute Gasteiger partial charge is 0.234 e. The van der Waals surface area contributed by atoms with Crippen molar-refractivity contribution in [2.75, 3.05) is 11.1 Å². The summed E-state index contributed by atoms with van der Waals surface area (Å²) in [5, 5.41) is 12.2. The van der Waals surface area contributed by atoms with Gasteiger partial charge in [-0.25, -0.2) is 0 Å². The van der Waals surface area contributed by atoms with Gasteiger partial charge in [0.1, 0.15) is 5.82 Å². The van der Waals surface area contributed by atoms with Crippen LogP contribution in [-0.2, 0) is 17.8 Å². The summed E-state index contributed by atoms with van der Waals surface area (Å²) in [6.07, 6.45) is 0.905. The van der Waals surface area contributed by atoms with Crippen molar-refractivity contribution in [2.24, 2.45) is 0 Å². The third kappa shape index (κ3) is 5.20. The average Bonchev–Trinajstić information content (AvgIpc) is 3.01. The second-order valence-electron chi connectivity index (χ2n) is 6.57. The molecule has 0 radical (unpaired) electrons. The molecule has 0 atom stereocenters. The fourth-order valence-electron chi connectivity index (χ4n) is 2.88. The number of nitrogens with one attached hydrogen (secondary N) is 1. The molecule has 0 fully saturated rings. The van der Waals surface area contributed by atoms with Crippen LogP contribution in [0.5, 0.6) is 0 Å². The summed E-state index contributed by atoms with van der Waals surface area (Å²) in [6.45, 7) is 6.78. The predicted molar refractivity (Wildman–Crippen MR) is 110 cm³/mol. The van der Waals surface area contributed by atoms with Crippen molar-refractivity contribution in [2.45, 2.75) is 38.9 Å². The monoisotopic (exact) mass is 380 g/mol. The van der Waals surface area contributed by atoms with E-state index >= 15 is 0 Å². The van der Waals surface area contributed by atoms with Gasteiger partial charge in [0.2, 0.25) is 5.91 Å². The standard InChI is InChI=1S/C21H24N4OS/c1-15-9-10-19(16(2)13-15)22-20(26)14-27-21-24-23-17(3)25(21)12-11-18-7-5-4-6-8-18/h4-10,13H,11-12,14H2,1-3H3,(H,22,26). The Hall–Kier alpha value is -2.60. The largest absolute Gasteiger partial charge is 0.325 e. The highest BCUT2D eigenvalue weighted by atomic mass is 32.2. The lowest BCUT2D eigenvalue weighted by Gasteiger charge is -2.10. The van der Waals surface area contributed by atoms with Gasteiger partial charge in [0.05, 0.1) is 5.75 Å². The summed E-state index contributed by atoms with van der Waals surface area (Å²) in [6, 6.07) is 16.3. The van der Waals surface area contributed by atoms with E-state index in [0.717, 1.165) is 35.2 Å². The van der Waals surface area contributed by atoms with Gasteiger partial charge in [-0.15, -0.1) is 10.2 Å². The zero-order chi connectivity index (χ0) is 19.2. The number of carbonyl (C=O) groups excluding carboxylic acids is 1. The van der Waals surface area contributed by atoms with Crippen LogP contribution in [0.4, 0.5) is 5.69 Å². The zero-order valence-electron chi connectivity index (χ0n) is 15.9. The average molecular weight is 381 g/mol. The highest BCUT2D eigenvalue weighted by Crippen LogP contribution is 2.20. The van der Waals surface area contributed by atoms with Gasteiger partial charge in [-0.1, -0.05) is 59.8 Å². The summed E-state index contributed by atoms with van der Waals surface area (Å²) < 4.78 is 2.07. The third-order valence-corrected chi connectivity index (χ3v) is 5.32. The van der Waals surface area contributed by atoms with Crippen molar-refractivity contribution in [1.29, 1.82) is 0 Å². The van der Waals surface area contributed by atoms with E-state index in [2.05, 4.69) is 38.3 Å². The van der Waals surface area contributed by atoms with E-state index in [1.165, 1.54) is 22.9 Å². The number of nitrogens with zero attached hydrogens (tertiary/aromatic N) is 3. The molecule has 1 amide bonds. The molecule has 3 aromatic rings. The molecule has 140 valence electrons. The summed E-state index contributed by atoms with van der Waals surface area (Å²) in [5.74, 6) is 1.13. The molecule has 1 aromatic heterocycles. The Morgan fingerprint density at radius 3 is 2.59 bits per heavy atom. The summed E-state index contributed by atoms with van der Waals surface area (Å²) >= 11 is 1.42. The minimum absolute atomic E-state index is 0.0396. The Morgan fingerprint density at radius 1 is 1.07 bits per heavy atom. The van der Waals surface area contributed by atoms with E-state index in [4.69, 9.17) is 0 Å². The number of amides is 1. The van der Waals surface area contributed by atoms with Crippen LogP contribution in [0.15, 0.2) is 53.7 Å². The Bertz CT molecular complexity index is 921. The first-order valence-corrected chi connectivity index (χ1v) is 9.95. The maximum Gasteiger partial charge on any atom is 0.234 e. The summed E-state index contributed by atoms with van der Waals surface area (Å²) in [4.78, 5) is 12.3. The van der Waals surface area contributed by atoms with E-state index in [1.807, 2.05) is 51.1 Å². The van der Waals surface area contributed by atoms with Crippen LogP contribution < -0.4 is 5.32 Å². The molecule has 1 heterocycles. The minimum atomic E-state index is -0.0396. The van der Waals surface area contributed by atoms with Crippen LogP contribution >= 0.6 is 11.8 Å². The van der Waals surface area contributed by atoms with Crippen LogP contribution in [0.25, 0.3) is 0 Å². The number of carbonyl (C=O) groups is 1. The minimum Gasteiger partial charge on any atom is -0.325 e. The number of hydrogen-bond donors (Lipinski definition) is 1. The highest BCUT2D eigenvalue weighted by molar-refractivity contribution is 7.99. The van der Waals surface area contributed by atoms with Gasteiger partial charge in [0.15, 0.2) is 5.16 Å². The fraction of sp³-hybridized carbons (Fsp3) is 0.286. The summed E-state index contributed by atoms with van der Waals surface area (Å²) in [5.41, 5.74) is 4.37. The van der Waals surface area contributed by atoms with E-state index < -0.39 is 0 Å². The second kappa shape index (κ2) is 8.86. The molecule has 6 heteroatoms. The lowest BCUT2D eigenvalue weighted by molar-refractivity contribution is -0.113. The molecule has 0 aliphatic carbocycles. The van der Waals surface area contributed by atoms with Gasteiger partial charge in [-0.05, 0) is 44.4 Å². The van der Waals surface area contributed by atoms with Crippen LogP contribution in [0, 0.1) is 20.8 Å². The maximum atomic E-state index is 12.3. The van der Waals surface area contributed by atoms with Gasteiger partial charge >= 0.3 is 0 Å². The molecular formula is C21H24N4OS. The normalized spacial score (nSPS) is 10.8. The van der Waals surface area contributed by atoms with Crippen LogP contribution in [0.3, 0.4) is 0 Å². The molecule has 0 aliphatic heterocycles. The number of aryl methyl sites for hydroxylation is 4. The Kier molecular flexibility index (Phi) is 6.29. The van der Waals surface area contributed by atoms with Crippen LogP contribution in [-0.4, -0.2) is 26.4 Å². The van der Waals surface area contributed by atoms with Gasteiger partial charge in [-0.3, -0.25) is 4.79 Å². The molecule has 0 saturated heterocycles. The molecule has 0 unspecified atom stereocenters. The van der Waals surface area contributed by atoms with Crippen molar-refractivity contribution < 1.29 is 4.79 Å². The Labute approximate surface area is 164 Å². The van der Waals surface area contributed by atoms with Crippen LogP contribution in [0.1, 0.15) is 22.5 Å². The quantitative estimate of drug-likeness (QED) is 0.625. The van der Waals surface area contributed by atoms with Crippen molar-refractivity contribution >= 4 is 23.4 Å². The maximum absolute atomic E-state index is 12.3. The molecular weight excluding hydrogens is 356 g/mol. The molecule has 0 spiro atoms. The van der Waals surface area contributed by atoms with Crippen molar-refractivity contribution in [3.8, 4) is 0 Å². The lowest BCUT2D eigenvalue weighted by Crippen LogP contribution is -2.15. The van der Waals surface area contributed by atoms with E-state index in [0.29, 0.717) is 5.75 Å². The molecule has 0 aliphatic rings. The number of anilines is 1. The van der Waals surface area contributed by atoms with E-state index in [9.17, 15) is 4.79 Å². The van der Waals surface area contributed by atoms with Crippen molar-refractivity contribution in [1.82, 2.24) is 14.8 Å².